The van der Waals surface area contributed by atoms with Crippen LogP contribution in [0.1, 0.15) is 34.9 Å². The van der Waals surface area contributed by atoms with Crippen molar-refractivity contribution in [3.8, 4) is 5.75 Å². The summed E-state index contributed by atoms with van der Waals surface area (Å²) < 4.78 is 10.4. The molecule has 134 valence electrons. The third kappa shape index (κ3) is 3.82. The third-order valence-electron chi connectivity index (χ3n) is 4.46. The summed E-state index contributed by atoms with van der Waals surface area (Å²) in [5.41, 5.74) is 3.96. The number of ether oxygens (including phenoxy) is 2. The predicted octanol–water partition coefficient (Wildman–Crippen LogP) is 2.08. The second-order valence-corrected chi connectivity index (χ2v) is 6.24. The lowest BCUT2D eigenvalue weighted by atomic mass is 10.0. The van der Waals surface area contributed by atoms with Gasteiger partial charge in [-0.3, -0.25) is 10.4 Å². The first-order valence-electron chi connectivity index (χ1n) is 8.52. The van der Waals surface area contributed by atoms with Gasteiger partial charge in [0, 0.05) is 38.9 Å². The molecular weight excluding hydrogens is 318 g/mol. The molecule has 0 saturated carbocycles. The molecule has 0 radical (unpaired) electrons. The minimum absolute atomic E-state index is 0.487. The molecule has 2 aromatic rings. The van der Waals surface area contributed by atoms with E-state index in [9.17, 15) is 0 Å². The van der Waals surface area contributed by atoms with Crippen molar-refractivity contribution < 1.29 is 9.47 Å². The maximum absolute atomic E-state index is 8.67. The van der Waals surface area contributed by atoms with Gasteiger partial charge in [-0.2, -0.15) is 0 Å². The highest BCUT2D eigenvalue weighted by Gasteiger charge is 2.23. The fourth-order valence-electron chi connectivity index (χ4n) is 3.16. The second kappa shape index (κ2) is 7.65. The average molecular weight is 343 g/mol. The molecule has 3 heterocycles. The molecule has 0 aliphatic carbocycles. The normalized spacial score (nSPS) is 13.6. The molecule has 7 heteroatoms. The first-order valence-corrected chi connectivity index (χ1v) is 8.52. The smallest absolute Gasteiger partial charge is 0.147 e. The van der Waals surface area contributed by atoms with Crippen LogP contribution >= 0.6 is 0 Å². The van der Waals surface area contributed by atoms with E-state index in [2.05, 4.69) is 19.9 Å². The molecule has 1 aliphatic heterocycles. The molecular formula is C18H25N5O2. The number of aromatic nitrogens is 3. The van der Waals surface area contributed by atoms with E-state index in [1.165, 1.54) is 0 Å². The molecule has 0 spiro atoms. The monoisotopic (exact) mass is 343 g/mol. The summed E-state index contributed by atoms with van der Waals surface area (Å²) in [6, 6.07) is 2.01. The highest BCUT2D eigenvalue weighted by atomic mass is 16.5. The van der Waals surface area contributed by atoms with Gasteiger partial charge in [-0.05, 0) is 31.4 Å². The van der Waals surface area contributed by atoms with Gasteiger partial charge in [0.1, 0.15) is 23.1 Å². The molecule has 0 aromatic carbocycles. The quantitative estimate of drug-likeness (QED) is 0.476. The van der Waals surface area contributed by atoms with E-state index in [-0.39, 0.29) is 0 Å². The predicted molar refractivity (Wildman–Crippen MR) is 95.3 cm³/mol. The van der Waals surface area contributed by atoms with Crippen molar-refractivity contribution in [3.63, 3.8) is 0 Å². The number of hydrogen-bond acceptors (Lipinski definition) is 5. The Morgan fingerprint density at radius 2 is 2.24 bits per heavy atom. The maximum Gasteiger partial charge on any atom is 0.147 e. The van der Waals surface area contributed by atoms with Crippen molar-refractivity contribution in [2.45, 2.75) is 32.7 Å². The van der Waals surface area contributed by atoms with Crippen molar-refractivity contribution in [2.24, 2.45) is 0 Å². The number of fused-ring (bicyclic) bond motifs is 1. The molecule has 0 unspecified atom stereocenters. The molecule has 0 atom stereocenters. The lowest BCUT2D eigenvalue weighted by molar-refractivity contribution is 0.195. The van der Waals surface area contributed by atoms with Crippen molar-refractivity contribution in [1.29, 1.82) is 5.41 Å². The van der Waals surface area contributed by atoms with Crippen molar-refractivity contribution in [2.75, 3.05) is 27.4 Å². The number of pyridine rings is 1. The maximum atomic E-state index is 8.67. The Bertz CT molecular complexity index is 756. The summed E-state index contributed by atoms with van der Waals surface area (Å²) >= 11 is 0. The van der Waals surface area contributed by atoms with Crippen LogP contribution < -0.4 is 4.74 Å². The fraction of sp³-hybridized carbons (Fsp3) is 0.500. The first kappa shape index (κ1) is 17.4. The third-order valence-corrected chi connectivity index (χ3v) is 4.46. The van der Waals surface area contributed by atoms with Gasteiger partial charge in [-0.15, -0.1) is 0 Å². The number of amidine groups is 1. The number of aromatic amines is 1. The van der Waals surface area contributed by atoms with Crippen LogP contribution in [0.25, 0.3) is 0 Å². The van der Waals surface area contributed by atoms with Crippen LogP contribution in [-0.4, -0.2) is 53.1 Å². The highest BCUT2D eigenvalue weighted by molar-refractivity contribution is 5.95. The average Bonchev–Trinajstić information content (AvgIpc) is 3.01. The largest absolute Gasteiger partial charge is 0.495 e. The first-order chi connectivity index (χ1) is 12.1. The van der Waals surface area contributed by atoms with Gasteiger partial charge in [0.15, 0.2) is 0 Å². The zero-order valence-corrected chi connectivity index (χ0v) is 15.1. The summed E-state index contributed by atoms with van der Waals surface area (Å²) in [5.74, 6) is 2.08. The number of rotatable bonds is 6. The van der Waals surface area contributed by atoms with Crippen LogP contribution in [0.2, 0.25) is 0 Å². The Kier molecular flexibility index (Phi) is 5.33. The van der Waals surface area contributed by atoms with E-state index in [1.807, 2.05) is 13.0 Å². The minimum atomic E-state index is 0.487. The van der Waals surface area contributed by atoms with Crippen LogP contribution in [0, 0.1) is 12.3 Å². The molecule has 2 N–H and O–H groups in total. The molecule has 0 fully saturated rings. The summed E-state index contributed by atoms with van der Waals surface area (Å²) in [4.78, 5) is 14.4. The van der Waals surface area contributed by atoms with Gasteiger partial charge < -0.3 is 19.4 Å². The Hall–Kier alpha value is -2.41. The summed E-state index contributed by atoms with van der Waals surface area (Å²) in [6.45, 7) is 4.06. The topological polar surface area (TPSA) is 87.1 Å². The number of methoxy groups -OCH3 is 2. The van der Waals surface area contributed by atoms with E-state index in [0.29, 0.717) is 19.0 Å². The molecule has 0 bridgehead atoms. The van der Waals surface area contributed by atoms with Gasteiger partial charge in [0.25, 0.3) is 0 Å². The Balaban J connectivity index is 1.77. The number of H-pyrrole nitrogens is 1. The Morgan fingerprint density at radius 3 is 3.00 bits per heavy atom. The summed E-state index contributed by atoms with van der Waals surface area (Å²) in [6.07, 6.45) is 4.28. The molecule has 2 aromatic heterocycles. The lowest BCUT2D eigenvalue weighted by Gasteiger charge is -2.30. The van der Waals surface area contributed by atoms with Crippen molar-refractivity contribution in [1.82, 2.24) is 19.9 Å². The molecule has 3 rings (SSSR count). The van der Waals surface area contributed by atoms with Crippen LogP contribution in [0.3, 0.4) is 0 Å². The Labute approximate surface area is 147 Å². The van der Waals surface area contributed by atoms with E-state index in [4.69, 9.17) is 14.9 Å². The van der Waals surface area contributed by atoms with Gasteiger partial charge in [-0.1, -0.05) is 0 Å². The van der Waals surface area contributed by atoms with Crippen LogP contribution in [0.5, 0.6) is 5.75 Å². The van der Waals surface area contributed by atoms with Crippen LogP contribution in [-0.2, 0) is 24.1 Å². The van der Waals surface area contributed by atoms with Gasteiger partial charge in [0.2, 0.25) is 0 Å². The van der Waals surface area contributed by atoms with Crippen molar-refractivity contribution >= 4 is 5.84 Å². The highest BCUT2D eigenvalue weighted by Crippen LogP contribution is 2.23. The SMILES string of the molecule is COCCCc1nc(C)[nH]c1C(=N)N1CCc2ncc(OC)cc2C1. The lowest BCUT2D eigenvalue weighted by Crippen LogP contribution is -2.37. The summed E-state index contributed by atoms with van der Waals surface area (Å²) in [5, 5.41) is 8.67. The molecule has 25 heavy (non-hydrogen) atoms. The fourth-order valence-corrected chi connectivity index (χ4v) is 3.16. The van der Waals surface area contributed by atoms with Crippen LogP contribution in [0.15, 0.2) is 12.3 Å². The van der Waals surface area contributed by atoms with Crippen molar-refractivity contribution in [3.05, 3.63) is 40.7 Å². The van der Waals surface area contributed by atoms with E-state index < -0.39 is 0 Å². The molecule has 1 aliphatic rings. The zero-order chi connectivity index (χ0) is 17.8. The van der Waals surface area contributed by atoms with Gasteiger partial charge in [0.05, 0.1) is 19.0 Å². The Morgan fingerprint density at radius 1 is 1.40 bits per heavy atom. The van der Waals surface area contributed by atoms with E-state index in [1.54, 1.807) is 20.4 Å². The van der Waals surface area contributed by atoms with E-state index >= 15 is 0 Å². The minimum Gasteiger partial charge on any atom is -0.495 e. The molecule has 0 saturated heterocycles. The van der Waals surface area contributed by atoms with Gasteiger partial charge in [-0.25, -0.2) is 4.98 Å². The number of imidazole rings is 1. The van der Waals surface area contributed by atoms with Crippen LogP contribution in [0.4, 0.5) is 0 Å². The number of nitrogens with one attached hydrogen (secondary N) is 2. The number of hydrogen-bond donors (Lipinski definition) is 2. The van der Waals surface area contributed by atoms with E-state index in [0.717, 1.165) is 60.0 Å². The standard InChI is InChI=1S/C18H25N5O2/c1-12-21-16(5-4-8-24-2)17(22-12)18(19)23-7-6-15-13(11-23)9-14(25-3)10-20-15/h9-10,19H,4-8,11H2,1-3H3,(H,21,22). The number of aryl methyl sites for hydroxylation is 2. The van der Waals surface area contributed by atoms with Gasteiger partial charge >= 0.3 is 0 Å². The number of nitrogens with zero attached hydrogens (tertiary/aromatic N) is 3. The zero-order valence-electron chi connectivity index (χ0n) is 15.1. The molecule has 7 nitrogen and oxygen atoms in total. The molecule has 0 amide bonds. The second-order valence-electron chi connectivity index (χ2n) is 6.24. The summed E-state index contributed by atoms with van der Waals surface area (Å²) in [7, 11) is 3.35.